The van der Waals surface area contributed by atoms with Gasteiger partial charge in [0, 0.05) is 24.9 Å². The maximum Gasteiger partial charge on any atom is 0.239 e. The minimum Gasteiger partial charge on any atom is -0.351 e. The molecule has 1 N–H and O–H groups in total. The molecular formula is C19H26N2O2. The van der Waals surface area contributed by atoms with Gasteiger partial charge in [-0.1, -0.05) is 43.2 Å². The third-order valence-corrected chi connectivity index (χ3v) is 5.10. The fourth-order valence-corrected chi connectivity index (χ4v) is 3.86. The van der Waals surface area contributed by atoms with Crippen molar-refractivity contribution in [3.63, 3.8) is 0 Å². The lowest BCUT2D eigenvalue weighted by Crippen LogP contribution is -2.47. The smallest absolute Gasteiger partial charge is 0.239 e. The Hall–Kier alpha value is -1.84. The second-order valence-electron chi connectivity index (χ2n) is 6.75. The van der Waals surface area contributed by atoms with Crippen LogP contribution in [-0.4, -0.2) is 35.8 Å². The van der Waals surface area contributed by atoms with E-state index in [0.717, 1.165) is 38.6 Å². The lowest BCUT2D eigenvalue weighted by Gasteiger charge is -2.34. The summed E-state index contributed by atoms with van der Waals surface area (Å²) >= 11 is 0. The van der Waals surface area contributed by atoms with Crippen LogP contribution < -0.4 is 5.32 Å². The molecule has 0 unspecified atom stereocenters. The molecule has 0 aromatic heterocycles. The Labute approximate surface area is 138 Å². The van der Waals surface area contributed by atoms with Gasteiger partial charge < -0.3 is 10.2 Å². The Morgan fingerprint density at radius 1 is 1.09 bits per heavy atom. The highest BCUT2D eigenvalue weighted by Crippen LogP contribution is 2.33. The van der Waals surface area contributed by atoms with E-state index in [-0.39, 0.29) is 24.4 Å². The molecule has 4 nitrogen and oxygen atoms in total. The van der Waals surface area contributed by atoms with E-state index < -0.39 is 0 Å². The van der Waals surface area contributed by atoms with E-state index >= 15 is 0 Å². The molecule has 124 valence electrons. The van der Waals surface area contributed by atoms with Crippen molar-refractivity contribution in [3.05, 3.63) is 35.9 Å². The normalized spacial score (nSPS) is 25.2. The molecular weight excluding hydrogens is 288 g/mol. The quantitative estimate of drug-likeness (QED) is 0.929. The van der Waals surface area contributed by atoms with E-state index in [2.05, 4.69) is 29.6 Å². The topological polar surface area (TPSA) is 49.4 Å². The van der Waals surface area contributed by atoms with Gasteiger partial charge in [0.2, 0.25) is 11.8 Å². The van der Waals surface area contributed by atoms with Gasteiger partial charge in [-0.3, -0.25) is 9.59 Å². The molecule has 1 aromatic carbocycles. The van der Waals surface area contributed by atoms with Crippen LogP contribution in [0.3, 0.4) is 0 Å². The number of carbonyl (C=O) groups is 2. The summed E-state index contributed by atoms with van der Waals surface area (Å²) in [5.41, 5.74) is 1.31. The van der Waals surface area contributed by atoms with Crippen molar-refractivity contribution in [3.8, 4) is 0 Å². The van der Waals surface area contributed by atoms with Crippen molar-refractivity contribution in [1.82, 2.24) is 10.2 Å². The van der Waals surface area contributed by atoms with Gasteiger partial charge >= 0.3 is 0 Å². The van der Waals surface area contributed by atoms with E-state index in [9.17, 15) is 9.59 Å². The Bertz CT molecular complexity index is 544. The fourth-order valence-electron chi connectivity index (χ4n) is 3.86. The highest BCUT2D eigenvalue weighted by molar-refractivity contribution is 5.85. The predicted octanol–water partition coefficient (Wildman–Crippen LogP) is 2.84. The summed E-state index contributed by atoms with van der Waals surface area (Å²) in [4.78, 5) is 26.0. The highest BCUT2D eigenvalue weighted by Gasteiger charge is 2.28. The van der Waals surface area contributed by atoms with Crippen LogP contribution in [0.1, 0.15) is 56.4 Å². The first-order chi connectivity index (χ1) is 11.2. The fraction of sp³-hybridized carbons (Fsp3) is 0.579. The molecule has 2 atom stereocenters. The Balaban J connectivity index is 1.60. The maximum atomic E-state index is 12.4. The molecule has 0 radical (unpaired) electrons. The number of nitrogens with one attached hydrogen (secondary N) is 1. The van der Waals surface area contributed by atoms with Gasteiger partial charge in [0.25, 0.3) is 0 Å². The number of likely N-dealkylation sites (tertiary alicyclic amines) is 1. The summed E-state index contributed by atoms with van der Waals surface area (Å²) in [6.45, 7) is 0.940. The lowest BCUT2D eigenvalue weighted by atomic mass is 9.80. The number of amides is 2. The summed E-state index contributed by atoms with van der Waals surface area (Å²) in [5.74, 6) is 0.508. The Morgan fingerprint density at radius 2 is 1.87 bits per heavy atom. The van der Waals surface area contributed by atoms with Crippen molar-refractivity contribution in [1.29, 1.82) is 0 Å². The molecule has 1 heterocycles. The standard InChI is InChI=1S/C19H26N2O2/c22-18(14-21-13-7-6-12-19(21)23)20-17-11-5-4-10-16(17)15-8-2-1-3-9-15/h1-3,8-9,16-17H,4-7,10-14H2,(H,20,22)/t16-,17+/m0/s1. The van der Waals surface area contributed by atoms with Crippen molar-refractivity contribution in [2.24, 2.45) is 0 Å². The van der Waals surface area contributed by atoms with E-state index in [1.165, 1.54) is 12.0 Å². The molecule has 1 saturated carbocycles. The van der Waals surface area contributed by atoms with Crippen LogP contribution in [0.25, 0.3) is 0 Å². The number of benzene rings is 1. The first-order valence-electron chi connectivity index (χ1n) is 8.86. The van der Waals surface area contributed by atoms with Crippen molar-refractivity contribution < 1.29 is 9.59 Å². The minimum absolute atomic E-state index is 0.00641. The van der Waals surface area contributed by atoms with Gasteiger partial charge in [0.1, 0.15) is 0 Å². The number of hydrogen-bond donors (Lipinski definition) is 1. The molecule has 2 aliphatic rings. The average molecular weight is 314 g/mol. The third kappa shape index (κ3) is 4.12. The maximum absolute atomic E-state index is 12.4. The van der Waals surface area contributed by atoms with Crippen molar-refractivity contribution in [2.45, 2.75) is 56.9 Å². The molecule has 3 rings (SSSR count). The Morgan fingerprint density at radius 3 is 2.65 bits per heavy atom. The second kappa shape index (κ2) is 7.62. The molecule has 2 amide bonds. The lowest BCUT2D eigenvalue weighted by molar-refractivity contribution is -0.138. The van der Waals surface area contributed by atoms with Gasteiger partial charge in [-0.15, -0.1) is 0 Å². The van der Waals surface area contributed by atoms with Gasteiger partial charge in [-0.05, 0) is 31.2 Å². The second-order valence-corrected chi connectivity index (χ2v) is 6.75. The SMILES string of the molecule is O=C(CN1CCCCC1=O)N[C@@H]1CCCC[C@H]1c1ccccc1. The first-order valence-corrected chi connectivity index (χ1v) is 8.86. The molecule has 23 heavy (non-hydrogen) atoms. The van der Waals surface area contributed by atoms with Crippen molar-refractivity contribution in [2.75, 3.05) is 13.1 Å². The molecule has 0 spiro atoms. The number of hydrogen-bond acceptors (Lipinski definition) is 2. The third-order valence-electron chi connectivity index (χ3n) is 5.10. The molecule has 4 heteroatoms. The van der Waals surface area contributed by atoms with Crippen LogP contribution in [0, 0.1) is 0 Å². The summed E-state index contributed by atoms with van der Waals surface area (Å²) in [5, 5.41) is 3.20. The van der Waals surface area contributed by atoms with E-state index in [1.54, 1.807) is 4.90 Å². The summed E-state index contributed by atoms with van der Waals surface area (Å²) in [6.07, 6.45) is 7.08. The van der Waals surface area contributed by atoms with Crippen LogP contribution in [-0.2, 0) is 9.59 Å². The Kier molecular flexibility index (Phi) is 5.31. The summed E-state index contributed by atoms with van der Waals surface area (Å²) in [6, 6.07) is 10.7. The van der Waals surface area contributed by atoms with E-state index in [4.69, 9.17) is 0 Å². The van der Waals surface area contributed by atoms with E-state index in [1.807, 2.05) is 6.07 Å². The van der Waals surface area contributed by atoms with Crippen LogP contribution >= 0.6 is 0 Å². The van der Waals surface area contributed by atoms with Crippen LogP contribution in [0.5, 0.6) is 0 Å². The molecule has 1 aliphatic heterocycles. The number of rotatable bonds is 4. The van der Waals surface area contributed by atoms with Gasteiger partial charge in [0.15, 0.2) is 0 Å². The molecule has 2 fully saturated rings. The van der Waals surface area contributed by atoms with Crippen LogP contribution in [0.2, 0.25) is 0 Å². The first kappa shape index (κ1) is 16.0. The van der Waals surface area contributed by atoms with Crippen LogP contribution in [0.15, 0.2) is 30.3 Å². The average Bonchev–Trinajstić information content (AvgIpc) is 2.58. The molecule has 0 bridgehead atoms. The largest absolute Gasteiger partial charge is 0.351 e. The van der Waals surface area contributed by atoms with Gasteiger partial charge in [0.05, 0.1) is 6.54 Å². The van der Waals surface area contributed by atoms with Gasteiger partial charge in [-0.2, -0.15) is 0 Å². The zero-order valence-corrected chi connectivity index (χ0v) is 13.7. The van der Waals surface area contributed by atoms with Crippen LogP contribution in [0.4, 0.5) is 0 Å². The molecule has 1 aromatic rings. The minimum atomic E-state index is -0.00641. The summed E-state index contributed by atoms with van der Waals surface area (Å²) < 4.78 is 0. The number of piperidine rings is 1. The molecule has 1 aliphatic carbocycles. The predicted molar refractivity (Wildman–Crippen MR) is 90.0 cm³/mol. The molecule has 1 saturated heterocycles. The monoisotopic (exact) mass is 314 g/mol. The highest BCUT2D eigenvalue weighted by atomic mass is 16.2. The van der Waals surface area contributed by atoms with Gasteiger partial charge in [-0.25, -0.2) is 0 Å². The van der Waals surface area contributed by atoms with Crippen molar-refractivity contribution >= 4 is 11.8 Å². The zero-order valence-electron chi connectivity index (χ0n) is 13.7. The zero-order chi connectivity index (χ0) is 16.1. The summed E-state index contributed by atoms with van der Waals surface area (Å²) in [7, 11) is 0. The number of carbonyl (C=O) groups excluding carboxylic acids is 2. The number of nitrogens with zero attached hydrogens (tertiary/aromatic N) is 1. The van der Waals surface area contributed by atoms with E-state index in [0.29, 0.717) is 12.3 Å².